The van der Waals surface area contributed by atoms with Crippen LogP contribution in [0.15, 0.2) is 35.6 Å². The minimum Gasteiger partial charge on any atom is -0.376 e. The summed E-state index contributed by atoms with van der Waals surface area (Å²) >= 11 is 6.26. The molecule has 1 aromatic carbocycles. The maximum atomic E-state index is 6.26. The topological polar surface area (TPSA) is 76.4 Å². The Labute approximate surface area is 171 Å². The maximum Gasteiger partial charge on any atom is 0.191 e. The Kier molecular flexibility index (Phi) is 8.11. The van der Waals surface area contributed by atoms with Crippen molar-refractivity contribution in [1.82, 2.24) is 25.4 Å². The summed E-state index contributed by atoms with van der Waals surface area (Å²) in [6.45, 7) is 5.71. The summed E-state index contributed by atoms with van der Waals surface area (Å²) in [7, 11) is 0. The molecule has 1 aliphatic rings. The molecule has 8 heteroatoms. The first-order chi connectivity index (χ1) is 13.8. The van der Waals surface area contributed by atoms with Gasteiger partial charge in [0.2, 0.25) is 0 Å². The van der Waals surface area contributed by atoms with Crippen LogP contribution in [0.5, 0.6) is 0 Å². The van der Waals surface area contributed by atoms with E-state index in [-0.39, 0.29) is 6.10 Å². The van der Waals surface area contributed by atoms with E-state index in [1.807, 2.05) is 24.3 Å². The number of aromatic nitrogens is 3. The Morgan fingerprint density at radius 3 is 3.00 bits per heavy atom. The molecule has 0 spiro atoms. The van der Waals surface area contributed by atoms with Crippen molar-refractivity contribution in [1.29, 1.82) is 0 Å². The molecular weight excluding hydrogens is 376 g/mol. The summed E-state index contributed by atoms with van der Waals surface area (Å²) in [6.07, 6.45) is 6.34. The van der Waals surface area contributed by atoms with Crippen LogP contribution in [0, 0.1) is 0 Å². The number of benzene rings is 1. The number of halogens is 1. The monoisotopic (exact) mass is 404 g/mol. The average molecular weight is 405 g/mol. The number of hydrogen-bond acceptors (Lipinski definition) is 4. The lowest BCUT2D eigenvalue weighted by atomic mass is 10.1. The van der Waals surface area contributed by atoms with Gasteiger partial charge in [-0.3, -0.25) is 0 Å². The van der Waals surface area contributed by atoms with Crippen LogP contribution in [0.25, 0.3) is 0 Å². The number of rotatable bonds is 8. The number of aryl methyl sites for hydroxylation is 1. The summed E-state index contributed by atoms with van der Waals surface area (Å²) in [5, 5.41) is 15.7. The van der Waals surface area contributed by atoms with E-state index in [2.05, 4.69) is 32.3 Å². The zero-order chi connectivity index (χ0) is 19.6. The van der Waals surface area contributed by atoms with Gasteiger partial charge in [0.15, 0.2) is 5.96 Å². The second-order valence-corrected chi connectivity index (χ2v) is 7.25. The highest BCUT2D eigenvalue weighted by Gasteiger charge is 2.14. The predicted octanol–water partition coefficient (Wildman–Crippen LogP) is 2.80. The lowest BCUT2D eigenvalue weighted by Crippen LogP contribution is -2.43. The van der Waals surface area contributed by atoms with E-state index in [1.54, 1.807) is 6.33 Å². The maximum absolute atomic E-state index is 6.26. The van der Waals surface area contributed by atoms with Crippen molar-refractivity contribution in [3.8, 4) is 0 Å². The van der Waals surface area contributed by atoms with E-state index < -0.39 is 0 Å². The zero-order valence-corrected chi connectivity index (χ0v) is 17.2. The normalized spacial score (nSPS) is 17.5. The molecule has 0 radical (unpaired) electrons. The smallest absolute Gasteiger partial charge is 0.191 e. The van der Waals surface area contributed by atoms with Crippen molar-refractivity contribution < 1.29 is 4.74 Å². The standard InChI is InChI=1S/C20H29ClN6O/c1-2-19-26-25-15-27(19)11-10-22-20(24-14-17-8-5-6-12-28-17)23-13-16-7-3-4-9-18(16)21/h3-4,7,9,15,17H,2,5-6,8,10-14H2,1H3,(H2,22,23,24). The van der Waals surface area contributed by atoms with Gasteiger partial charge in [-0.25, -0.2) is 4.99 Å². The highest BCUT2D eigenvalue weighted by molar-refractivity contribution is 6.31. The SMILES string of the molecule is CCc1nncn1CCNC(=NCc1ccccc1Cl)NCC1CCCCO1. The minimum absolute atomic E-state index is 0.241. The highest BCUT2D eigenvalue weighted by atomic mass is 35.5. The van der Waals surface area contributed by atoms with Gasteiger partial charge in [-0.1, -0.05) is 36.7 Å². The molecule has 0 saturated carbocycles. The third-order valence-electron chi connectivity index (χ3n) is 4.79. The summed E-state index contributed by atoms with van der Waals surface area (Å²) in [5.74, 6) is 1.75. The lowest BCUT2D eigenvalue weighted by molar-refractivity contribution is 0.0194. The van der Waals surface area contributed by atoms with Crippen molar-refractivity contribution in [2.75, 3.05) is 19.7 Å². The second kappa shape index (κ2) is 11.0. The van der Waals surface area contributed by atoms with Crippen LogP contribution in [0.1, 0.15) is 37.6 Å². The Hall–Kier alpha value is -2.12. The van der Waals surface area contributed by atoms with Crippen LogP contribution in [-0.2, 0) is 24.2 Å². The van der Waals surface area contributed by atoms with Gasteiger partial charge in [-0.05, 0) is 30.9 Å². The molecule has 0 bridgehead atoms. The summed E-state index contributed by atoms with van der Waals surface area (Å²) in [5.41, 5.74) is 1.01. The van der Waals surface area contributed by atoms with Crippen LogP contribution >= 0.6 is 11.6 Å². The first kappa shape index (κ1) is 20.6. The van der Waals surface area contributed by atoms with E-state index in [0.29, 0.717) is 6.54 Å². The molecular formula is C20H29ClN6O. The number of nitrogens with zero attached hydrogens (tertiary/aromatic N) is 4. The van der Waals surface area contributed by atoms with E-state index >= 15 is 0 Å². The first-order valence-electron chi connectivity index (χ1n) is 10.00. The number of ether oxygens (including phenoxy) is 1. The Bertz CT molecular complexity index is 757. The Balaban J connectivity index is 1.57. The fourth-order valence-corrected chi connectivity index (χ4v) is 3.37. The van der Waals surface area contributed by atoms with Gasteiger partial charge < -0.3 is 19.9 Å². The van der Waals surface area contributed by atoms with Gasteiger partial charge in [0, 0.05) is 37.7 Å². The third kappa shape index (κ3) is 6.21. The van der Waals surface area contributed by atoms with E-state index in [4.69, 9.17) is 21.3 Å². The van der Waals surface area contributed by atoms with Crippen LogP contribution < -0.4 is 10.6 Å². The molecule has 1 aromatic heterocycles. The fraction of sp³-hybridized carbons (Fsp3) is 0.550. The van der Waals surface area contributed by atoms with Crippen molar-refractivity contribution >= 4 is 17.6 Å². The molecule has 0 aliphatic carbocycles. The number of nitrogens with one attached hydrogen (secondary N) is 2. The van der Waals surface area contributed by atoms with E-state index in [1.165, 1.54) is 6.42 Å². The molecule has 3 rings (SSSR count). The molecule has 2 N–H and O–H groups in total. The van der Waals surface area contributed by atoms with Crippen LogP contribution in [0.2, 0.25) is 5.02 Å². The van der Waals surface area contributed by atoms with E-state index in [9.17, 15) is 0 Å². The van der Waals surface area contributed by atoms with Crippen molar-refractivity contribution in [3.05, 3.63) is 47.0 Å². The average Bonchev–Trinajstić information content (AvgIpc) is 3.19. The molecule has 2 heterocycles. The van der Waals surface area contributed by atoms with Gasteiger partial charge in [0.05, 0.1) is 12.6 Å². The van der Waals surface area contributed by atoms with Crippen LogP contribution in [-0.4, -0.2) is 46.5 Å². The molecule has 1 unspecified atom stereocenters. The van der Waals surface area contributed by atoms with Gasteiger partial charge in [0.25, 0.3) is 0 Å². The molecule has 1 atom stereocenters. The fourth-order valence-electron chi connectivity index (χ4n) is 3.18. The number of aliphatic imine (C=N–C) groups is 1. The zero-order valence-electron chi connectivity index (χ0n) is 16.4. The largest absolute Gasteiger partial charge is 0.376 e. The number of guanidine groups is 1. The second-order valence-electron chi connectivity index (χ2n) is 6.85. The van der Waals surface area contributed by atoms with Gasteiger partial charge in [0.1, 0.15) is 12.2 Å². The van der Waals surface area contributed by atoms with Crippen molar-refractivity contribution in [2.45, 2.75) is 51.8 Å². The molecule has 1 saturated heterocycles. The molecule has 1 fully saturated rings. The van der Waals surface area contributed by atoms with Crippen LogP contribution in [0.3, 0.4) is 0 Å². The third-order valence-corrected chi connectivity index (χ3v) is 5.16. The quantitative estimate of drug-likeness (QED) is 0.522. The van der Waals surface area contributed by atoms with Crippen molar-refractivity contribution in [3.63, 3.8) is 0 Å². The van der Waals surface area contributed by atoms with Gasteiger partial charge in [-0.2, -0.15) is 0 Å². The highest BCUT2D eigenvalue weighted by Crippen LogP contribution is 2.15. The summed E-state index contributed by atoms with van der Waals surface area (Å²) < 4.78 is 7.88. The molecule has 28 heavy (non-hydrogen) atoms. The molecule has 2 aromatic rings. The molecule has 0 amide bonds. The molecule has 7 nitrogen and oxygen atoms in total. The Morgan fingerprint density at radius 2 is 2.21 bits per heavy atom. The molecule has 1 aliphatic heterocycles. The minimum atomic E-state index is 0.241. The Morgan fingerprint density at radius 1 is 1.32 bits per heavy atom. The lowest BCUT2D eigenvalue weighted by Gasteiger charge is -2.24. The van der Waals surface area contributed by atoms with Gasteiger partial charge in [-0.15, -0.1) is 10.2 Å². The summed E-state index contributed by atoms with van der Waals surface area (Å²) in [4.78, 5) is 4.71. The van der Waals surface area contributed by atoms with E-state index in [0.717, 1.165) is 67.9 Å². The number of hydrogen-bond donors (Lipinski definition) is 2. The first-order valence-corrected chi connectivity index (χ1v) is 10.4. The predicted molar refractivity (Wildman–Crippen MR) is 112 cm³/mol. The van der Waals surface area contributed by atoms with Gasteiger partial charge >= 0.3 is 0 Å². The molecule has 152 valence electrons. The van der Waals surface area contributed by atoms with Crippen LogP contribution in [0.4, 0.5) is 0 Å². The van der Waals surface area contributed by atoms with Crippen molar-refractivity contribution in [2.24, 2.45) is 4.99 Å². The summed E-state index contributed by atoms with van der Waals surface area (Å²) in [6, 6.07) is 7.79.